The van der Waals surface area contributed by atoms with E-state index in [0.717, 1.165) is 42.9 Å². The van der Waals surface area contributed by atoms with Gasteiger partial charge < -0.3 is 9.84 Å². The average molecular weight is 541 g/mol. The summed E-state index contributed by atoms with van der Waals surface area (Å²) in [7, 11) is 0. The Morgan fingerprint density at radius 1 is 0.923 bits per heavy atom. The van der Waals surface area contributed by atoms with Crippen molar-refractivity contribution in [3.8, 4) is 0 Å². The highest BCUT2D eigenvalue weighted by Gasteiger charge is 2.70. The lowest BCUT2D eigenvalue weighted by Gasteiger charge is -2.73. The first-order valence-corrected chi connectivity index (χ1v) is 16.7. The molecule has 5 aliphatic carbocycles. The van der Waals surface area contributed by atoms with Crippen LogP contribution in [-0.2, 0) is 9.53 Å². The number of fused-ring (bicyclic) bond motifs is 7. The molecule has 5 fully saturated rings. The molecule has 39 heavy (non-hydrogen) atoms. The molecule has 0 radical (unpaired) electrons. The zero-order valence-electron chi connectivity index (χ0n) is 26.9. The number of hydrogen-bond donors (Lipinski definition) is 1. The topological polar surface area (TPSA) is 46.5 Å². The minimum absolute atomic E-state index is 0.143. The molecule has 12 atom stereocenters. The second-order valence-electron chi connectivity index (χ2n) is 16.7. The third kappa shape index (κ3) is 4.28. The first kappa shape index (κ1) is 29.8. The smallest absolute Gasteiger partial charge is 0.182 e. The molecule has 3 heteroatoms. The Hall–Kier alpha value is -0.670. The molecule has 5 aliphatic rings. The molecular formula is C36H60O3. The zero-order chi connectivity index (χ0) is 28.6. The van der Waals surface area contributed by atoms with Gasteiger partial charge in [0, 0.05) is 6.42 Å². The molecule has 0 saturated heterocycles. The Kier molecular flexibility index (Phi) is 7.40. The second kappa shape index (κ2) is 9.68. The van der Waals surface area contributed by atoms with Gasteiger partial charge in [-0.05, 0) is 134 Å². The summed E-state index contributed by atoms with van der Waals surface area (Å²) >= 11 is 0. The van der Waals surface area contributed by atoms with Gasteiger partial charge in [0.1, 0.15) is 5.78 Å². The Morgan fingerprint density at radius 2 is 1.64 bits per heavy atom. The van der Waals surface area contributed by atoms with Gasteiger partial charge in [0.25, 0.3) is 0 Å². The summed E-state index contributed by atoms with van der Waals surface area (Å²) in [5, 5.41) is 10.9. The van der Waals surface area contributed by atoms with E-state index in [9.17, 15) is 9.90 Å². The summed E-state index contributed by atoms with van der Waals surface area (Å²) in [6.07, 6.45) is 16.9. The van der Waals surface area contributed by atoms with E-state index in [-0.39, 0.29) is 5.41 Å². The number of carbonyl (C=O) groups excluding carboxylic acids is 1. The van der Waals surface area contributed by atoms with Gasteiger partial charge in [-0.2, -0.15) is 0 Å². The van der Waals surface area contributed by atoms with Gasteiger partial charge in [-0.1, -0.05) is 61.5 Å². The van der Waals surface area contributed by atoms with Crippen molar-refractivity contribution >= 4 is 5.78 Å². The van der Waals surface area contributed by atoms with Crippen molar-refractivity contribution in [2.75, 3.05) is 6.61 Å². The summed E-state index contributed by atoms with van der Waals surface area (Å²) < 4.78 is 6.15. The van der Waals surface area contributed by atoms with Crippen molar-refractivity contribution in [3.05, 3.63) is 12.2 Å². The van der Waals surface area contributed by atoms with E-state index >= 15 is 0 Å². The first-order chi connectivity index (χ1) is 18.1. The summed E-state index contributed by atoms with van der Waals surface area (Å²) in [4.78, 5) is 13.7. The maximum atomic E-state index is 13.7. The van der Waals surface area contributed by atoms with Crippen molar-refractivity contribution < 1.29 is 14.6 Å². The maximum Gasteiger partial charge on any atom is 0.182 e. The fourth-order valence-electron chi connectivity index (χ4n) is 12.2. The highest BCUT2D eigenvalue weighted by Crippen LogP contribution is 2.76. The van der Waals surface area contributed by atoms with E-state index in [0.29, 0.717) is 46.9 Å². The highest BCUT2D eigenvalue weighted by molar-refractivity contribution is 5.86. The Morgan fingerprint density at radius 3 is 2.33 bits per heavy atom. The third-order valence-electron chi connectivity index (χ3n) is 14.9. The molecule has 0 aromatic carbocycles. The van der Waals surface area contributed by atoms with E-state index < -0.39 is 11.2 Å². The number of allylic oxidation sites excluding steroid dienone is 1. The summed E-state index contributed by atoms with van der Waals surface area (Å²) in [6, 6.07) is 0. The molecule has 0 bridgehead atoms. The minimum Gasteiger partial charge on any atom is -0.362 e. The Balaban J connectivity index is 1.45. The van der Waals surface area contributed by atoms with E-state index in [1.54, 1.807) is 13.0 Å². The zero-order valence-corrected chi connectivity index (χ0v) is 26.9. The van der Waals surface area contributed by atoms with Crippen LogP contribution in [0.3, 0.4) is 0 Å². The summed E-state index contributed by atoms with van der Waals surface area (Å²) in [6.45, 7) is 22.0. The Bertz CT molecular complexity index is 984. The normalized spacial score (nSPS) is 53.3. The van der Waals surface area contributed by atoms with Gasteiger partial charge in [-0.15, -0.1) is 0 Å². The van der Waals surface area contributed by atoms with Gasteiger partial charge in [0.15, 0.2) is 5.79 Å². The fraction of sp³-hybridized carbons (Fsp3) is 0.917. The number of rotatable bonds is 5. The van der Waals surface area contributed by atoms with Crippen LogP contribution < -0.4 is 0 Å². The molecule has 0 aromatic rings. The molecule has 0 aliphatic heterocycles. The fourth-order valence-corrected chi connectivity index (χ4v) is 12.2. The van der Waals surface area contributed by atoms with Gasteiger partial charge in [-0.25, -0.2) is 0 Å². The summed E-state index contributed by atoms with van der Waals surface area (Å²) in [5.41, 5.74) is 0.832. The van der Waals surface area contributed by atoms with Gasteiger partial charge in [0.05, 0.1) is 12.0 Å². The molecule has 5 rings (SSSR count). The molecule has 5 saturated carbocycles. The molecule has 0 amide bonds. The molecule has 0 spiro atoms. The van der Waals surface area contributed by atoms with Crippen LogP contribution in [-0.4, -0.2) is 23.3 Å². The number of aliphatic hydroxyl groups is 1. The quantitative estimate of drug-likeness (QED) is 0.279. The van der Waals surface area contributed by atoms with E-state index in [2.05, 4.69) is 55.4 Å². The number of carbonyl (C=O) groups is 1. The van der Waals surface area contributed by atoms with Crippen LogP contribution in [0.5, 0.6) is 0 Å². The lowest BCUT2D eigenvalue weighted by molar-refractivity contribution is -0.253. The molecule has 1 unspecified atom stereocenters. The van der Waals surface area contributed by atoms with Crippen LogP contribution in [0.25, 0.3) is 0 Å². The monoisotopic (exact) mass is 540 g/mol. The number of ether oxygens (including phenoxy) is 1. The van der Waals surface area contributed by atoms with Crippen LogP contribution in [0.4, 0.5) is 0 Å². The lowest BCUT2D eigenvalue weighted by atomic mass is 9.31. The number of Topliss-reactive ketones (excluding diaryl/α,β-unsaturated/α-hetero) is 1. The van der Waals surface area contributed by atoms with Crippen molar-refractivity contribution in [2.45, 2.75) is 139 Å². The van der Waals surface area contributed by atoms with Crippen molar-refractivity contribution in [1.82, 2.24) is 0 Å². The van der Waals surface area contributed by atoms with Gasteiger partial charge in [0.2, 0.25) is 0 Å². The van der Waals surface area contributed by atoms with Crippen LogP contribution in [0, 0.1) is 62.6 Å². The largest absolute Gasteiger partial charge is 0.362 e. The summed E-state index contributed by atoms with van der Waals surface area (Å²) in [5.74, 6) is 3.34. The van der Waals surface area contributed by atoms with Crippen LogP contribution >= 0.6 is 0 Å². The molecule has 0 heterocycles. The third-order valence-corrected chi connectivity index (χ3v) is 14.9. The van der Waals surface area contributed by atoms with Crippen LogP contribution in [0.2, 0.25) is 0 Å². The van der Waals surface area contributed by atoms with Crippen LogP contribution in [0.15, 0.2) is 12.2 Å². The predicted molar refractivity (Wildman–Crippen MR) is 160 cm³/mol. The first-order valence-electron chi connectivity index (χ1n) is 16.7. The molecule has 3 nitrogen and oxygen atoms in total. The predicted octanol–water partition coefficient (Wildman–Crippen LogP) is 8.98. The van der Waals surface area contributed by atoms with Crippen molar-refractivity contribution in [2.24, 2.45) is 62.6 Å². The van der Waals surface area contributed by atoms with E-state index in [1.807, 2.05) is 6.08 Å². The standard InChI is InChI=1S/C36H60O3/c1-10-11-17-36(9,38)39-23-33(6)27-15-20-35(8)28(32(27,5)19-16-29(33)37)13-12-26-30-25(3)24(2)14-18-31(30,4)21-22-34(26,35)7/h11,17,24-28,30,38H,10,12-16,18-23H2,1-9H3/b17-11+/t24-,25+,26-,27-,28-,30+,31-,32+,33-,34-,35-,36?/m1/s1. The van der Waals surface area contributed by atoms with Gasteiger partial charge >= 0.3 is 0 Å². The van der Waals surface area contributed by atoms with Crippen molar-refractivity contribution in [3.63, 3.8) is 0 Å². The Labute approximate surface area is 240 Å². The molecule has 0 aromatic heterocycles. The molecular weight excluding hydrogens is 480 g/mol. The SMILES string of the molecule is CC/C=C/C(C)(O)OC[C@@]1(C)C(=O)CC[C@@]2(C)[C@H]1CC[C@]1(C)[C@@H]2CC[C@@H]2[C@@H]3[C@@H](C)[C@H](C)CC[C@]3(C)CC[C@]21C. The number of ketones is 1. The van der Waals surface area contributed by atoms with Crippen molar-refractivity contribution in [1.29, 1.82) is 0 Å². The van der Waals surface area contributed by atoms with Crippen LogP contribution in [0.1, 0.15) is 133 Å². The molecule has 222 valence electrons. The lowest BCUT2D eigenvalue weighted by Crippen LogP contribution is -2.67. The van der Waals surface area contributed by atoms with E-state index in [4.69, 9.17) is 4.74 Å². The minimum atomic E-state index is -1.33. The molecule has 1 N–H and O–H groups in total. The highest BCUT2D eigenvalue weighted by atomic mass is 16.6. The van der Waals surface area contributed by atoms with E-state index in [1.165, 1.54) is 44.9 Å². The second-order valence-corrected chi connectivity index (χ2v) is 16.7. The maximum absolute atomic E-state index is 13.7. The number of hydrogen-bond acceptors (Lipinski definition) is 3. The van der Waals surface area contributed by atoms with Gasteiger partial charge in [-0.3, -0.25) is 4.79 Å². The average Bonchev–Trinajstić information content (AvgIpc) is 2.88.